The topological polar surface area (TPSA) is 22.1 Å². The molecule has 2 aromatic rings. The van der Waals surface area contributed by atoms with Crippen LogP contribution in [0.2, 0.25) is 0 Å². The summed E-state index contributed by atoms with van der Waals surface area (Å²) in [6, 6.07) is 10.1. The maximum Gasteiger partial charge on any atom is 0.222 e. The Kier molecular flexibility index (Phi) is 3.43. The van der Waals surface area contributed by atoms with Gasteiger partial charge in [-0.2, -0.15) is 0 Å². The minimum atomic E-state index is 0.684. The summed E-state index contributed by atoms with van der Waals surface area (Å²) in [4.78, 5) is 4.25. The van der Waals surface area contributed by atoms with Crippen LogP contribution in [0.25, 0.3) is 0 Å². The average molecular weight is 227 g/mol. The number of hydrogen-bond donors (Lipinski definition) is 0. The predicted octanol–water partition coefficient (Wildman–Crippen LogP) is 4.05. The fourth-order valence-electron chi connectivity index (χ4n) is 1.84. The molecule has 0 saturated heterocycles. The minimum absolute atomic E-state index is 0.684. The van der Waals surface area contributed by atoms with E-state index in [4.69, 9.17) is 4.74 Å². The summed E-state index contributed by atoms with van der Waals surface area (Å²) in [6.45, 7) is 6.24. The molecule has 0 spiro atoms. The van der Waals surface area contributed by atoms with Crippen molar-refractivity contribution in [3.05, 3.63) is 53.2 Å². The van der Waals surface area contributed by atoms with E-state index in [2.05, 4.69) is 24.9 Å². The Bertz CT molecular complexity index is 520. The molecule has 0 bridgehead atoms. The number of benzene rings is 1. The quantitative estimate of drug-likeness (QED) is 0.789. The smallest absolute Gasteiger partial charge is 0.222 e. The van der Waals surface area contributed by atoms with Crippen molar-refractivity contribution in [3.8, 4) is 11.6 Å². The molecule has 0 amide bonds. The van der Waals surface area contributed by atoms with Gasteiger partial charge < -0.3 is 4.74 Å². The van der Waals surface area contributed by atoms with Crippen LogP contribution in [0.15, 0.2) is 36.5 Å². The molecule has 0 fully saturated rings. The molecule has 2 heteroatoms. The first-order valence-electron chi connectivity index (χ1n) is 5.90. The van der Waals surface area contributed by atoms with Gasteiger partial charge in [0, 0.05) is 11.8 Å². The summed E-state index contributed by atoms with van der Waals surface area (Å²) in [7, 11) is 0. The van der Waals surface area contributed by atoms with E-state index in [0.717, 1.165) is 17.7 Å². The van der Waals surface area contributed by atoms with Crippen LogP contribution in [0, 0.1) is 13.8 Å². The van der Waals surface area contributed by atoms with E-state index in [1.54, 1.807) is 6.20 Å². The van der Waals surface area contributed by atoms with Gasteiger partial charge in [0.05, 0.1) is 0 Å². The molecule has 0 aliphatic carbocycles. The number of pyridine rings is 1. The van der Waals surface area contributed by atoms with Crippen LogP contribution in [0.3, 0.4) is 0 Å². The Morgan fingerprint density at radius 3 is 2.65 bits per heavy atom. The third-order valence-corrected chi connectivity index (χ3v) is 2.95. The highest BCUT2D eigenvalue weighted by molar-refractivity contribution is 5.41. The molecule has 0 aliphatic rings. The van der Waals surface area contributed by atoms with Gasteiger partial charge in [-0.15, -0.1) is 0 Å². The van der Waals surface area contributed by atoms with Crippen molar-refractivity contribution in [2.24, 2.45) is 0 Å². The van der Waals surface area contributed by atoms with E-state index in [-0.39, 0.29) is 0 Å². The van der Waals surface area contributed by atoms with Crippen molar-refractivity contribution >= 4 is 0 Å². The number of nitrogens with zero attached hydrogens (tertiary/aromatic N) is 1. The summed E-state index contributed by atoms with van der Waals surface area (Å²) >= 11 is 0. The molecule has 2 nitrogen and oxygen atoms in total. The third-order valence-electron chi connectivity index (χ3n) is 2.95. The number of aromatic nitrogens is 1. The molecular formula is C15H17NO. The second kappa shape index (κ2) is 5.00. The summed E-state index contributed by atoms with van der Waals surface area (Å²) in [5, 5.41) is 0. The second-order valence-corrected chi connectivity index (χ2v) is 4.12. The Balaban J connectivity index is 2.34. The van der Waals surface area contributed by atoms with Gasteiger partial charge in [0.1, 0.15) is 5.75 Å². The fraction of sp³-hybridized carbons (Fsp3) is 0.267. The lowest BCUT2D eigenvalue weighted by Crippen LogP contribution is -1.95. The van der Waals surface area contributed by atoms with Crippen molar-refractivity contribution in [3.63, 3.8) is 0 Å². The molecule has 17 heavy (non-hydrogen) atoms. The number of hydrogen-bond acceptors (Lipinski definition) is 2. The first kappa shape index (κ1) is 11.6. The highest BCUT2D eigenvalue weighted by Gasteiger charge is 2.06. The molecule has 1 aromatic carbocycles. The standard InChI is InChI=1S/C15H17NO/c1-4-13-8-5-9-14(12(13)3)17-15-11(2)7-6-10-16-15/h5-10H,4H2,1-3H3. The van der Waals surface area contributed by atoms with Gasteiger partial charge in [-0.25, -0.2) is 4.98 Å². The van der Waals surface area contributed by atoms with Gasteiger partial charge in [0.2, 0.25) is 5.88 Å². The zero-order valence-corrected chi connectivity index (χ0v) is 10.5. The van der Waals surface area contributed by atoms with Crippen molar-refractivity contribution in [1.82, 2.24) is 4.98 Å². The molecule has 2 rings (SSSR count). The first-order valence-corrected chi connectivity index (χ1v) is 5.90. The molecule has 1 heterocycles. The predicted molar refractivity (Wildman–Crippen MR) is 69.6 cm³/mol. The van der Waals surface area contributed by atoms with E-state index in [0.29, 0.717) is 5.88 Å². The summed E-state index contributed by atoms with van der Waals surface area (Å²) < 4.78 is 5.87. The monoisotopic (exact) mass is 227 g/mol. The molecule has 88 valence electrons. The summed E-state index contributed by atoms with van der Waals surface area (Å²) in [6.07, 6.45) is 2.77. The maximum atomic E-state index is 5.87. The third kappa shape index (κ3) is 2.47. The summed E-state index contributed by atoms with van der Waals surface area (Å²) in [5.74, 6) is 1.58. The van der Waals surface area contributed by atoms with Gasteiger partial charge in [-0.05, 0) is 43.5 Å². The van der Waals surface area contributed by atoms with Crippen molar-refractivity contribution in [1.29, 1.82) is 0 Å². The van der Waals surface area contributed by atoms with Crippen LogP contribution in [0.1, 0.15) is 23.6 Å². The molecule has 0 aliphatic heterocycles. The number of ether oxygens (including phenoxy) is 1. The Morgan fingerprint density at radius 1 is 1.12 bits per heavy atom. The fourth-order valence-corrected chi connectivity index (χ4v) is 1.84. The number of aryl methyl sites for hydroxylation is 2. The lowest BCUT2D eigenvalue weighted by Gasteiger charge is -2.12. The number of rotatable bonds is 3. The Labute approximate surface area is 102 Å². The van der Waals surface area contributed by atoms with Crippen molar-refractivity contribution in [2.75, 3.05) is 0 Å². The first-order chi connectivity index (χ1) is 8.22. The average Bonchev–Trinajstić information content (AvgIpc) is 2.34. The summed E-state index contributed by atoms with van der Waals surface area (Å²) in [5.41, 5.74) is 3.56. The van der Waals surface area contributed by atoms with E-state index in [1.165, 1.54) is 11.1 Å². The van der Waals surface area contributed by atoms with Crippen LogP contribution in [-0.2, 0) is 6.42 Å². The van der Waals surface area contributed by atoms with E-state index in [9.17, 15) is 0 Å². The zero-order valence-electron chi connectivity index (χ0n) is 10.5. The van der Waals surface area contributed by atoms with Gasteiger partial charge in [-0.1, -0.05) is 25.1 Å². The second-order valence-electron chi connectivity index (χ2n) is 4.12. The van der Waals surface area contributed by atoms with Crippen LogP contribution < -0.4 is 4.74 Å². The van der Waals surface area contributed by atoms with Crippen molar-refractivity contribution < 1.29 is 4.74 Å². The van der Waals surface area contributed by atoms with Gasteiger partial charge in [0.25, 0.3) is 0 Å². The van der Waals surface area contributed by atoms with Crippen LogP contribution >= 0.6 is 0 Å². The van der Waals surface area contributed by atoms with Crippen LogP contribution in [-0.4, -0.2) is 4.98 Å². The Morgan fingerprint density at radius 2 is 1.94 bits per heavy atom. The van der Waals surface area contributed by atoms with Crippen LogP contribution in [0.5, 0.6) is 11.6 Å². The van der Waals surface area contributed by atoms with E-state index in [1.807, 2.05) is 31.2 Å². The molecule has 0 radical (unpaired) electrons. The SMILES string of the molecule is CCc1cccc(Oc2ncccc2C)c1C. The highest BCUT2D eigenvalue weighted by Crippen LogP contribution is 2.27. The molecule has 0 unspecified atom stereocenters. The van der Waals surface area contributed by atoms with Crippen molar-refractivity contribution in [2.45, 2.75) is 27.2 Å². The van der Waals surface area contributed by atoms with Gasteiger partial charge in [-0.3, -0.25) is 0 Å². The molecule has 0 atom stereocenters. The highest BCUT2D eigenvalue weighted by atomic mass is 16.5. The normalized spacial score (nSPS) is 10.3. The molecule has 0 N–H and O–H groups in total. The zero-order chi connectivity index (χ0) is 12.3. The molecule has 1 aromatic heterocycles. The minimum Gasteiger partial charge on any atom is -0.438 e. The van der Waals surface area contributed by atoms with Crippen LogP contribution in [0.4, 0.5) is 0 Å². The maximum absolute atomic E-state index is 5.87. The lowest BCUT2D eigenvalue weighted by atomic mass is 10.1. The lowest BCUT2D eigenvalue weighted by molar-refractivity contribution is 0.455. The molecular weight excluding hydrogens is 210 g/mol. The Hall–Kier alpha value is -1.83. The van der Waals surface area contributed by atoms with E-state index < -0.39 is 0 Å². The van der Waals surface area contributed by atoms with Gasteiger partial charge in [0.15, 0.2) is 0 Å². The van der Waals surface area contributed by atoms with E-state index >= 15 is 0 Å². The molecule has 0 saturated carbocycles. The van der Waals surface area contributed by atoms with Gasteiger partial charge >= 0.3 is 0 Å². The largest absolute Gasteiger partial charge is 0.438 e.